The lowest BCUT2D eigenvalue weighted by Gasteiger charge is -2.25. The highest BCUT2D eigenvalue weighted by molar-refractivity contribution is 9.10. The van der Waals surface area contributed by atoms with Crippen LogP contribution < -0.4 is 5.73 Å². The first-order valence-corrected chi connectivity index (χ1v) is 7.85. The molecule has 2 unspecified atom stereocenters. The maximum atomic E-state index is 6.34. The van der Waals surface area contributed by atoms with Crippen molar-refractivity contribution in [2.75, 3.05) is 0 Å². The lowest BCUT2D eigenvalue weighted by Crippen LogP contribution is -2.33. The molecule has 2 aromatic rings. The summed E-state index contributed by atoms with van der Waals surface area (Å²) in [5, 5.41) is 5.35. The molecule has 5 heteroatoms. The Hall–Kier alpha value is -0.840. The van der Waals surface area contributed by atoms with Gasteiger partial charge in [-0.3, -0.25) is 4.68 Å². The minimum absolute atomic E-state index is 0.0105. The van der Waals surface area contributed by atoms with E-state index in [-0.39, 0.29) is 12.1 Å². The summed E-state index contributed by atoms with van der Waals surface area (Å²) < 4.78 is 3.03. The van der Waals surface area contributed by atoms with Crippen molar-refractivity contribution in [3.8, 4) is 0 Å². The quantitative estimate of drug-likeness (QED) is 0.890. The Labute approximate surface area is 133 Å². The molecule has 0 spiro atoms. The number of hydrogen-bond donors (Lipinski definition) is 1. The van der Waals surface area contributed by atoms with Crippen molar-refractivity contribution in [1.29, 1.82) is 0 Å². The van der Waals surface area contributed by atoms with Crippen LogP contribution in [-0.2, 0) is 0 Å². The fourth-order valence-corrected chi connectivity index (χ4v) is 2.86. The third-order valence-electron chi connectivity index (χ3n) is 3.57. The standard InChI is InChI=1S/C15H19BrClN3/c1-4-13(18)15(11-6-5-7-12(17)8-11)20-10(3)14(16)9(2)19-20/h5-8,13,15H,4,18H2,1-3H3. The zero-order chi connectivity index (χ0) is 14.9. The summed E-state index contributed by atoms with van der Waals surface area (Å²) in [7, 11) is 0. The Bertz CT molecular complexity index is 609. The van der Waals surface area contributed by atoms with Crippen molar-refractivity contribution < 1.29 is 0 Å². The molecule has 3 nitrogen and oxygen atoms in total. The summed E-state index contributed by atoms with van der Waals surface area (Å²) in [6.45, 7) is 6.12. The van der Waals surface area contributed by atoms with Crippen molar-refractivity contribution in [2.45, 2.75) is 39.3 Å². The first kappa shape index (κ1) is 15.5. The predicted molar refractivity (Wildman–Crippen MR) is 87.3 cm³/mol. The van der Waals surface area contributed by atoms with Gasteiger partial charge in [0.25, 0.3) is 0 Å². The van der Waals surface area contributed by atoms with Crippen LogP contribution in [0.15, 0.2) is 28.7 Å². The largest absolute Gasteiger partial charge is 0.326 e. The van der Waals surface area contributed by atoms with Crippen LogP contribution >= 0.6 is 27.5 Å². The third kappa shape index (κ3) is 2.92. The second-order valence-electron chi connectivity index (χ2n) is 5.00. The normalized spacial score (nSPS) is 14.3. The second-order valence-corrected chi connectivity index (χ2v) is 6.23. The van der Waals surface area contributed by atoms with Gasteiger partial charge in [0.05, 0.1) is 21.9 Å². The Kier molecular flexibility index (Phi) is 4.89. The first-order chi connectivity index (χ1) is 9.45. The van der Waals surface area contributed by atoms with Crippen molar-refractivity contribution >= 4 is 27.5 Å². The van der Waals surface area contributed by atoms with Gasteiger partial charge < -0.3 is 5.73 Å². The van der Waals surface area contributed by atoms with Crippen LogP contribution in [0.4, 0.5) is 0 Å². The second kappa shape index (κ2) is 6.29. The predicted octanol–water partition coefficient (Wildman–Crippen LogP) is 4.24. The SMILES string of the molecule is CCC(N)C(c1cccc(Cl)c1)n1nc(C)c(Br)c1C. The van der Waals surface area contributed by atoms with Gasteiger partial charge in [0.2, 0.25) is 0 Å². The number of aryl methyl sites for hydroxylation is 1. The molecule has 2 N–H and O–H groups in total. The molecule has 0 saturated heterocycles. The third-order valence-corrected chi connectivity index (χ3v) is 4.95. The molecule has 0 aliphatic carbocycles. The van der Waals surface area contributed by atoms with Gasteiger partial charge in [-0.25, -0.2) is 0 Å². The van der Waals surface area contributed by atoms with Gasteiger partial charge in [-0.05, 0) is 53.9 Å². The van der Waals surface area contributed by atoms with Crippen LogP contribution in [0.3, 0.4) is 0 Å². The minimum Gasteiger partial charge on any atom is -0.326 e. The molecular weight excluding hydrogens is 338 g/mol. The number of rotatable bonds is 4. The number of nitrogens with zero attached hydrogens (tertiary/aromatic N) is 2. The van der Waals surface area contributed by atoms with Crippen LogP contribution in [-0.4, -0.2) is 15.8 Å². The highest BCUT2D eigenvalue weighted by Crippen LogP contribution is 2.30. The highest BCUT2D eigenvalue weighted by Gasteiger charge is 2.24. The van der Waals surface area contributed by atoms with E-state index in [1.165, 1.54) is 0 Å². The van der Waals surface area contributed by atoms with Crippen molar-refractivity contribution in [3.05, 3.63) is 50.7 Å². The van der Waals surface area contributed by atoms with E-state index in [9.17, 15) is 0 Å². The molecule has 108 valence electrons. The molecule has 20 heavy (non-hydrogen) atoms. The van der Waals surface area contributed by atoms with Gasteiger partial charge in [-0.15, -0.1) is 0 Å². The van der Waals surface area contributed by atoms with Gasteiger partial charge in [0.15, 0.2) is 0 Å². The maximum absolute atomic E-state index is 6.34. The van der Waals surface area contributed by atoms with Gasteiger partial charge in [0, 0.05) is 11.1 Å². The minimum atomic E-state index is -0.0154. The zero-order valence-corrected chi connectivity index (χ0v) is 14.2. The van der Waals surface area contributed by atoms with Crippen LogP contribution in [0.25, 0.3) is 0 Å². The van der Waals surface area contributed by atoms with Crippen molar-refractivity contribution in [1.82, 2.24) is 9.78 Å². The lowest BCUT2D eigenvalue weighted by molar-refractivity contribution is 0.415. The number of nitrogens with two attached hydrogens (primary N) is 1. The van der Waals surface area contributed by atoms with E-state index >= 15 is 0 Å². The van der Waals surface area contributed by atoms with E-state index in [1.807, 2.05) is 36.7 Å². The number of halogens is 2. The average molecular weight is 357 g/mol. The zero-order valence-electron chi connectivity index (χ0n) is 11.9. The number of hydrogen-bond acceptors (Lipinski definition) is 2. The summed E-state index contributed by atoms with van der Waals surface area (Å²) >= 11 is 9.70. The lowest BCUT2D eigenvalue weighted by atomic mass is 9.98. The Balaban J connectivity index is 2.56. The molecule has 0 fully saturated rings. The Morgan fingerprint density at radius 1 is 1.40 bits per heavy atom. The smallest absolute Gasteiger partial charge is 0.0923 e. The van der Waals surface area contributed by atoms with Crippen molar-refractivity contribution in [3.63, 3.8) is 0 Å². The Morgan fingerprint density at radius 3 is 2.60 bits per heavy atom. The monoisotopic (exact) mass is 355 g/mol. The van der Waals surface area contributed by atoms with Crippen molar-refractivity contribution in [2.24, 2.45) is 5.73 Å². The van der Waals surface area contributed by atoms with E-state index < -0.39 is 0 Å². The Morgan fingerprint density at radius 2 is 2.10 bits per heavy atom. The van der Waals surface area contributed by atoms with E-state index in [1.54, 1.807) is 0 Å². The van der Waals surface area contributed by atoms with Crippen LogP contribution in [0.5, 0.6) is 0 Å². The highest BCUT2D eigenvalue weighted by atomic mass is 79.9. The molecule has 0 saturated carbocycles. The summed E-state index contributed by atoms with van der Waals surface area (Å²) in [6.07, 6.45) is 0.868. The van der Waals surface area contributed by atoms with Crippen LogP contribution in [0.2, 0.25) is 5.02 Å². The molecular formula is C15H19BrClN3. The molecule has 1 heterocycles. The molecule has 1 aromatic carbocycles. The van der Waals surface area contributed by atoms with Gasteiger partial charge in [0.1, 0.15) is 0 Å². The molecule has 1 aromatic heterocycles. The van der Waals surface area contributed by atoms with E-state index in [2.05, 4.69) is 34.0 Å². The van der Waals surface area contributed by atoms with Crippen LogP contribution in [0.1, 0.15) is 36.3 Å². The molecule has 0 radical (unpaired) electrons. The molecule has 2 rings (SSSR count). The van der Waals surface area contributed by atoms with Crippen LogP contribution in [0, 0.1) is 13.8 Å². The molecule has 0 aliphatic heterocycles. The topological polar surface area (TPSA) is 43.8 Å². The average Bonchev–Trinajstić information content (AvgIpc) is 2.67. The number of aromatic nitrogens is 2. The molecule has 0 bridgehead atoms. The summed E-state index contributed by atoms with van der Waals surface area (Å²) in [4.78, 5) is 0. The molecule has 0 amide bonds. The van der Waals surface area contributed by atoms with E-state index in [0.29, 0.717) is 0 Å². The van der Waals surface area contributed by atoms with Gasteiger partial charge >= 0.3 is 0 Å². The summed E-state index contributed by atoms with van der Waals surface area (Å²) in [5.41, 5.74) is 9.48. The molecule has 2 atom stereocenters. The maximum Gasteiger partial charge on any atom is 0.0923 e. The summed E-state index contributed by atoms with van der Waals surface area (Å²) in [5.74, 6) is 0. The van der Waals surface area contributed by atoms with Gasteiger partial charge in [-0.2, -0.15) is 5.10 Å². The molecule has 0 aliphatic rings. The fraction of sp³-hybridized carbons (Fsp3) is 0.400. The van der Waals surface area contributed by atoms with E-state index in [4.69, 9.17) is 17.3 Å². The number of benzene rings is 1. The van der Waals surface area contributed by atoms with E-state index in [0.717, 1.165) is 32.9 Å². The first-order valence-electron chi connectivity index (χ1n) is 6.68. The fourth-order valence-electron chi connectivity index (χ4n) is 2.40. The summed E-state index contributed by atoms with van der Waals surface area (Å²) in [6, 6.07) is 7.81. The van der Waals surface area contributed by atoms with Gasteiger partial charge in [-0.1, -0.05) is 30.7 Å².